The van der Waals surface area contributed by atoms with Gasteiger partial charge in [0, 0.05) is 0 Å². The smallest absolute Gasteiger partial charge is 0.0588 e. The molecule has 0 saturated heterocycles. The molecule has 0 unspecified atom stereocenters. The fraction of sp³-hybridized carbons (Fsp3) is 0.500. The molecule has 0 N–H and O–H groups in total. The minimum absolute atomic E-state index is 1.03. The molecule has 0 aliphatic rings. The van der Waals surface area contributed by atoms with E-state index in [0.29, 0.717) is 0 Å². The highest BCUT2D eigenvalue weighted by molar-refractivity contribution is 5.16. The van der Waals surface area contributed by atoms with Crippen molar-refractivity contribution in [2.45, 2.75) is 55.4 Å². The van der Waals surface area contributed by atoms with Crippen molar-refractivity contribution in [2.24, 2.45) is 0 Å². The third-order valence-corrected chi connectivity index (χ3v) is 3.44. The van der Waals surface area contributed by atoms with E-state index in [9.17, 15) is 0 Å². The summed E-state index contributed by atoms with van der Waals surface area (Å²) in [6.07, 6.45) is 0. The van der Waals surface area contributed by atoms with Gasteiger partial charge in [0.25, 0.3) is 0 Å². The predicted octanol–water partition coefficient (Wildman–Crippen LogP) is 3.42. The third kappa shape index (κ3) is 4.08. The first-order valence-corrected chi connectivity index (χ1v) is 6.79. The van der Waals surface area contributed by atoms with Gasteiger partial charge in [-0.25, -0.2) is 0 Å². The van der Waals surface area contributed by atoms with Crippen molar-refractivity contribution in [2.75, 3.05) is 0 Å². The zero-order valence-corrected chi connectivity index (χ0v) is 13.8. The summed E-state index contributed by atoms with van der Waals surface area (Å²) < 4.78 is 0. The van der Waals surface area contributed by atoms with Gasteiger partial charge in [-0.3, -0.25) is 19.9 Å². The summed E-state index contributed by atoms with van der Waals surface area (Å²) in [5.74, 6) is 0. The van der Waals surface area contributed by atoms with Gasteiger partial charge in [0.05, 0.1) is 45.6 Å². The van der Waals surface area contributed by atoms with Gasteiger partial charge in [-0.1, -0.05) is 0 Å². The van der Waals surface area contributed by atoms with Gasteiger partial charge in [0.1, 0.15) is 0 Å². The molecule has 0 aliphatic carbocycles. The topological polar surface area (TPSA) is 51.6 Å². The van der Waals surface area contributed by atoms with E-state index in [4.69, 9.17) is 0 Å². The van der Waals surface area contributed by atoms with Gasteiger partial charge in [-0.05, 0) is 55.4 Å². The summed E-state index contributed by atoms with van der Waals surface area (Å²) in [5, 5.41) is 0. The summed E-state index contributed by atoms with van der Waals surface area (Å²) in [4.78, 5) is 17.2. The second kappa shape index (κ2) is 6.55. The number of aromatic nitrogens is 4. The van der Waals surface area contributed by atoms with Crippen LogP contribution < -0.4 is 0 Å². The predicted molar refractivity (Wildman–Crippen MR) is 82.0 cm³/mol. The highest BCUT2D eigenvalue weighted by atomic mass is 14.8. The van der Waals surface area contributed by atoms with Crippen molar-refractivity contribution in [3.63, 3.8) is 0 Å². The van der Waals surface area contributed by atoms with E-state index in [1.807, 2.05) is 55.4 Å². The SMILES string of the molecule is Cc1nc(C)c(C)nc1C.Cc1nc(C)c(C)nc1C. The lowest BCUT2D eigenvalue weighted by Gasteiger charge is -2.01. The first kappa shape index (κ1) is 16.2. The number of hydrogen-bond acceptors (Lipinski definition) is 4. The van der Waals surface area contributed by atoms with Crippen LogP contribution in [0.4, 0.5) is 0 Å². The maximum Gasteiger partial charge on any atom is 0.0588 e. The van der Waals surface area contributed by atoms with Crippen LogP contribution >= 0.6 is 0 Å². The van der Waals surface area contributed by atoms with E-state index >= 15 is 0 Å². The van der Waals surface area contributed by atoms with Crippen molar-refractivity contribution >= 4 is 0 Å². The standard InChI is InChI=1S/2C8H12N2/c2*1-5-6(2)10-8(4)7(3)9-5/h2*1-4H3. The molecule has 0 saturated carbocycles. The van der Waals surface area contributed by atoms with Crippen LogP contribution in [0.2, 0.25) is 0 Å². The molecule has 0 aliphatic heterocycles. The maximum absolute atomic E-state index is 4.31. The van der Waals surface area contributed by atoms with E-state index in [1.165, 1.54) is 0 Å². The van der Waals surface area contributed by atoms with Crippen LogP contribution in [0.5, 0.6) is 0 Å². The number of aryl methyl sites for hydroxylation is 8. The van der Waals surface area contributed by atoms with E-state index < -0.39 is 0 Å². The normalized spacial score (nSPS) is 10.0. The van der Waals surface area contributed by atoms with Gasteiger partial charge in [-0.15, -0.1) is 0 Å². The molecule has 2 rings (SSSR count). The molecule has 2 aromatic heterocycles. The van der Waals surface area contributed by atoms with Crippen molar-refractivity contribution in [1.29, 1.82) is 0 Å². The van der Waals surface area contributed by atoms with Gasteiger partial charge in [-0.2, -0.15) is 0 Å². The van der Waals surface area contributed by atoms with Crippen molar-refractivity contribution < 1.29 is 0 Å². The quantitative estimate of drug-likeness (QED) is 0.737. The number of hydrogen-bond donors (Lipinski definition) is 0. The van der Waals surface area contributed by atoms with E-state index in [1.54, 1.807) is 0 Å². The molecular weight excluding hydrogens is 248 g/mol. The molecule has 0 amide bonds. The largest absolute Gasteiger partial charge is 0.255 e. The zero-order valence-electron chi connectivity index (χ0n) is 13.8. The molecule has 0 bridgehead atoms. The Morgan fingerprint density at radius 2 is 0.400 bits per heavy atom. The number of nitrogens with zero attached hydrogens (tertiary/aromatic N) is 4. The van der Waals surface area contributed by atoms with Crippen molar-refractivity contribution in [3.05, 3.63) is 45.6 Å². The molecule has 2 heterocycles. The molecule has 0 radical (unpaired) electrons. The van der Waals surface area contributed by atoms with Gasteiger partial charge in [0.2, 0.25) is 0 Å². The highest BCUT2D eigenvalue weighted by Crippen LogP contribution is 2.05. The van der Waals surface area contributed by atoms with Crippen molar-refractivity contribution in [1.82, 2.24) is 19.9 Å². The third-order valence-electron chi connectivity index (χ3n) is 3.44. The Morgan fingerprint density at radius 3 is 0.500 bits per heavy atom. The molecule has 0 spiro atoms. The highest BCUT2D eigenvalue weighted by Gasteiger charge is 1.99. The summed E-state index contributed by atoms with van der Waals surface area (Å²) >= 11 is 0. The van der Waals surface area contributed by atoms with E-state index in [-0.39, 0.29) is 0 Å². The molecule has 2 aromatic rings. The van der Waals surface area contributed by atoms with Crippen LogP contribution in [0.3, 0.4) is 0 Å². The van der Waals surface area contributed by atoms with Gasteiger partial charge >= 0.3 is 0 Å². The minimum atomic E-state index is 1.03. The Balaban J connectivity index is 0.000000200. The van der Waals surface area contributed by atoms with Crippen LogP contribution in [-0.2, 0) is 0 Å². The first-order valence-electron chi connectivity index (χ1n) is 6.79. The summed E-state index contributed by atoms with van der Waals surface area (Å²) in [5.41, 5.74) is 8.25. The molecule has 0 aromatic carbocycles. The lowest BCUT2D eigenvalue weighted by Crippen LogP contribution is -1.97. The summed E-state index contributed by atoms with van der Waals surface area (Å²) in [7, 11) is 0. The lowest BCUT2D eigenvalue weighted by atomic mass is 10.3. The maximum atomic E-state index is 4.31. The summed E-state index contributed by atoms with van der Waals surface area (Å²) in [6.45, 7) is 15.8. The second-order valence-corrected chi connectivity index (χ2v) is 5.13. The Morgan fingerprint density at radius 1 is 0.300 bits per heavy atom. The molecule has 0 fully saturated rings. The summed E-state index contributed by atoms with van der Waals surface area (Å²) in [6, 6.07) is 0. The van der Waals surface area contributed by atoms with Crippen LogP contribution in [0.1, 0.15) is 45.6 Å². The Bertz CT molecular complexity index is 462. The van der Waals surface area contributed by atoms with Gasteiger partial charge < -0.3 is 0 Å². The van der Waals surface area contributed by atoms with Crippen LogP contribution in [0.25, 0.3) is 0 Å². The molecular formula is C16H24N4. The Hall–Kier alpha value is -1.84. The minimum Gasteiger partial charge on any atom is -0.255 e. The van der Waals surface area contributed by atoms with E-state index in [2.05, 4.69) is 19.9 Å². The zero-order chi connectivity index (χ0) is 15.4. The average molecular weight is 272 g/mol. The van der Waals surface area contributed by atoms with Crippen LogP contribution in [0.15, 0.2) is 0 Å². The Labute approximate surface area is 121 Å². The monoisotopic (exact) mass is 272 g/mol. The Kier molecular flexibility index (Phi) is 5.31. The molecule has 20 heavy (non-hydrogen) atoms. The van der Waals surface area contributed by atoms with Gasteiger partial charge in [0.15, 0.2) is 0 Å². The molecule has 4 heteroatoms. The second-order valence-electron chi connectivity index (χ2n) is 5.13. The fourth-order valence-electron chi connectivity index (χ4n) is 1.65. The van der Waals surface area contributed by atoms with Crippen LogP contribution in [0, 0.1) is 55.4 Å². The van der Waals surface area contributed by atoms with Crippen molar-refractivity contribution in [3.8, 4) is 0 Å². The number of rotatable bonds is 0. The van der Waals surface area contributed by atoms with Crippen LogP contribution in [-0.4, -0.2) is 19.9 Å². The fourth-order valence-corrected chi connectivity index (χ4v) is 1.65. The lowest BCUT2D eigenvalue weighted by molar-refractivity contribution is 0.959. The average Bonchev–Trinajstić information content (AvgIpc) is 2.35. The molecule has 0 atom stereocenters. The first-order chi connectivity index (χ1) is 9.22. The van der Waals surface area contributed by atoms with E-state index in [0.717, 1.165) is 45.6 Å². The molecule has 4 nitrogen and oxygen atoms in total. The molecule has 108 valence electrons.